The number of anilines is 3. The van der Waals surface area contributed by atoms with E-state index >= 15 is 0 Å². The zero-order valence-electron chi connectivity index (χ0n) is 21.4. The molecule has 8 heteroatoms. The van der Waals surface area contributed by atoms with Gasteiger partial charge in [0, 0.05) is 54.4 Å². The molecular formula is C28H34N6O2. The third kappa shape index (κ3) is 5.04. The number of allylic oxidation sites excluding steroid dienone is 2. The van der Waals surface area contributed by atoms with Crippen molar-refractivity contribution in [3.8, 4) is 0 Å². The van der Waals surface area contributed by atoms with Gasteiger partial charge in [-0.3, -0.25) is 9.59 Å². The van der Waals surface area contributed by atoms with Crippen molar-refractivity contribution in [2.75, 3.05) is 49.5 Å². The van der Waals surface area contributed by atoms with E-state index in [2.05, 4.69) is 22.1 Å². The largest absolute Gasteiger partial charge is 0.398 e. The Balaban J connectivity index is 1.60. The third-order valence-corrected chi connectivity index (χ3v) is 6.81. The number of rotatable bonds is 4. The minimum Gasteiger partial charge on any atom is -0.398 e. The first-order valence-electron chi connectivity index (χ1n) is 12.3. The Labute approximate surface area is 212 Å². The van der Waals surface area contributed by atoms with E-state index in [1.54, 1.807) is 24.3 Å². The summed E-state index contributed by atoms with van der Waals surface area (Å²) in [7, 11) is 0. The molecule has 0 aromatic heterocycles. The summed E-state index contributed by atoms with van der Waals surface area (Å²) in [5.74, 6) is -0.0809. The molecule has 2 aliphatic rings. The van der Waals surface area contributed by atoms with E-state index < -0.39 is 0 Å². The number of carbonyl (C=O) groups excluding carboxylic acids is 2. The summed E-state index contributed by atoms with van der Waals surface area (Å²) in [5.41, 5.74) is 18.4. The highest BCUT2D eigenvalue weighted by atomic mass is 16.2. The Bertz CT molecular complexity index is 1300. The average Bonchev–Trinajstić information content (AvgIpc) is 2.86. The summed E-state index contributed by atoms with van der Waals surface area (Å²) in [4.78, 5) is 35.1. The summed E-state index contributed by atoms with van der Waals surface area (Å²) < 4.78 is 0. The van der Waals surface area contributed by atoms with Crippen LogP contribution in [0.25, 0.3) is 5.70 Å². The highest BCUT2D eigenvalue weighted by molar-refractivity contribution is 6.51. The highest BCUT2D eigenvalue weighted by Crippen LogP contribution is 2.30. The van der Waals surface area contributed by atoms with Crippen LogP contribution in [-0.2, 0) is 4.79 Å². The molecule has 1 saturated heterocycles. The molecule has 2 aromatic carbocycles. The Morgan fingerprint density at radius 3 is 2.42 bits per heavy atom. The van der Waals surface area contributed by atoms with Crippen LogP contribution < -0.4 is 16.8 Å². The predicted molar refractivity (Wildman–Crippen MR) is 147 cm³/mol. The molecule has 0 atom stereocenters. The minimum atomic E-state index is -0.201. The summed E-state index contributed by atoms with van der Waals surface area (Å²) in [6.07, 6.45) is 1.80. The predicted octanol–water partition coefficient (Wildman–Crippen LogP) is 3.71. The number of nitrogens with zero attached hydrogens (tertiary/aromatic N) is 3. The molecule has 4 rings (SSSR count). The fourth-order valence-electron chi connectivity index (χ4n) is 4.47. The van der Waals surface area contributed by atoms with Crippen LogP contribution in [0.3, 0.4) is 0 Å². The number of amidine groups is 1. The van der Waals surface area contributed by atoms with Gasteiger partial charge < -0.3 is 26.6 Å². The van der Waals surface area contributed by atoms with Crippen molar-refractivity contribution >= 4 is 40.3 Å². The van der Waals surface area contributed by atoms with Gasteiger partial charge in [-0.2, -0.15) is 0 Å². The average molecular weight is 487 g/mol. The lowest BCUT2D eigenvalue weighted by Gasteiger charge is -2.34. The summed E-state index contributed by atoms with van der Waals surface area (Å²) in [6.45, 7) is 11.9. The number of Topliss-reactive ketones (excluding diaryl/α,β-unsaturated/α-hetero) is 1. The number of ketones is 1. The van der Waals surface area contributed by atoms with Crippen LogP contribution in [-0.4, -0.2) is 60.0 Å². The number of carbonyl (C=O) groups is 2. The van der Waals surface area contributed by atoms with Crippen LogP contribution in [0, 0.1) is 6.92 Å². The van der Waals surface area contributed by atoms with Gasteiger partial charge in [0.1, 0.15) is 0 Å². The van der Waals surface area contributed by atoms with Crippen molar-refractivity contribution in [3.63, 3.8) is 0 Å². The van der Waals surface area contributed by atoms with Gasteiger partial charge >= 0.3 is 0 Å². The van der Waals surface area contributed by atoms with Gasteiger partial charge in [-0.1, -0.05) is 24.6 Å². The number of nitrogens with two attached hydrogens (primary N) is 2. The van der Waals surface area contributed by atoms with Crippen molar-refractivity contribution in [1.29, 1.82) is 0 Å². The maximum absolute atomic E-state index is 13.2. The molecule has 8 nitrogen and oxygen atoms in total. The second kappa shape index (κ2) is 10.4. The van der Waals surface area contributed by atoms with E-state index in [0.29, 0.717) is 47.0 Å². The number of nitrogens with one attached hydrogen (secondary N) is 1. The lowest BCUT2D eigenvalue weighted by molar-refractivity contribution is -0.109. The van der Waals surface area contributed by atoms with E-state index in [-0.39, 0.29) is 17.5 Å². The number of benzene rings is 2. The van der Waals surface area contributed by atoms with E-state index in [1.165, 1.54) is 0 Å². The molecule has 0 spiro atoms. The molecule has 36 heavy (non-hydrogen) atoms. The molecule has 188 valence electrons. The summed E-state index contributed by atoms with van der Waals surface area (Å²) in [5, 5.41) is 3.13. The van der Waals surface area contributed by atoms with Crippen molar-refractivity contribution in [1.82, 2.24) is 9.80 Å². The van der Waals surface area contributed by atoms with Gasteiger partial charge in [0.2, 0.25) is 5.78 Å². The maximum Gasteiger partial charge on any atom is 0.256 e. The molecule has 2 aliphatic heterocycles. The fraction of sp³-hybridized carbons (Fsp3) is 0.321. The van der Waals surface area contributed by atoms with E-state index in [4.69, 9.17) is 11.5 Å². The Hall–Kier alpha value is -3.91. The molecule has 0 unspecified atom stereocenters. The molecule has 5 N–H and O–H groups in total. The number of nitrogen functional groups attached to an aromatic ring is 2. The van der Waals surface area contributed by atoms with Crippen LogP contribution in [0.2, 0.25) is 0 Å². The van der Waals surface area contributed by atoms with Crippen molar-refractivity contribution in [2.24, 2.45) is 4.99 Å². The first-order chi connectivity index (χ1) is 17.2. The third-order valence-electron chi connectivity index (χ3n) is 6.81. The fourth-order valence-corrected chi connectivity index (χ4v) is 4.47. The number of hydrogen-bond acceptors (Lipinski definition) is 7. The van der Waals surface area contributed by atoms with E-state index in [9.17, 15) is 9.59 Å². The van der Waals surface area contributed by atoms with Crippen LogP contribution in [0.4, 0.5) is 17.1 Å². The van der Waals surface area contributed by atoms with Gasteiger partial charge in [0.15, 0.2) is 5.84 Å². The smallest absolute Gasteiger partial charge is 0.256 e. The van der Waals surface area contributed by atoms with Gasteiger partial charge in [0.05, 0.1) is 11.3 Å². The summed E-state index contributed by atoms with van der Waals surface area (Å²) in [6, 6.07) is 10.8. The lowest BCUT2D eigenvalue weighted by Crippen LogP contribution is -2.48. The molecule has 0 radical (unpaired) electrons. The monoisotopic (exact) mass is 486 g/mol. The lowest BCUT2D eigenvalue weighted by atomic mass is 9.96. The molecule has 1 fully saturated rings. The normalized spacial score (nSPS) is 16.5. The Morgan fingerprint density at radius 1 is 1.06 bits per heavy atom. The number of aliphatic imine (C=N–C) groups is 1. The zero-order chi connectivity index (χ0) is 26.0. The Morgan fingerprint density at radius 2 is 1.78 bits per heavy atom. The number of likely N-dealkylation sites (N-methyl/N-ethyl adjacent to an activating group) is 1. The second-order valence-corrected chi connectivity index (χ2v) is 9.41. The van der Waals surface area contributed by atoms with Crippen molar-refractivity contribution < 1.29 is 9.59 Å². The zero-order valence-corrected chi connectivity index (χ0v) is 21.4. The van der Waals surface area contributed by atoms with Gasteiger partial charge in [0.25, 0.3) is 5.91 Å². The van der Waals surface area contributed by atoms with Gasteiger partial charge in [-0.15, -0.1) is 0 Å². The molecular weight excluding hydrogens is 452 g/mol. The number of piperazine rings is 1. The quantitative estimate of drug-likeness (QED) is 0.448. The number of hydrogen-bond donors (Lipinski definition) is 3. The van der Waals surface area contributed by atoms with Crippen molar-refractivity contribution in [2.45, 2.75) is 27.7 Å². The van der Waals surface area contributed by atoms with Crippen LogP contribution in [0.5, 0.6) is 0 Å². The number of amides is 1. The maximum atomic E-state index is 13.2. The summed E-state index contributed by atoms with van der Waals surface area (Å²) >= 11 is 0. The topological polar surface area (TPSA) is 117 Å². The van der Waals surface area contributed by atoms with E-state index in [1.807, 2.05) is 43.9 Å². The molecule has 2 heterocycles. The van der Waals surface area contributed by atoms with Crippen LogP contribution in [0.15, 0.2) is 58.6 Å². The highest BCUT2D eigenvalue weighted by Gasteiger charge is 2.26. The molecule has 0 saturated carbocycles. The molecule has 0 bridgehead atoms. The first kappa shape index (κ1) is 25.2. The minimum absolute atomic E-state index is 0.0740. The van der Waals surface area contributed by atoms with Gasteiger partial charge in [-0.25, -0.2) is 4.99 Å². The van der Waals surface area contributed by atoms with E-state index in [0.717, 1.165) is 36.3 Å². The molecule has 2 aromatic rings. The molecule has 0 aliphatic carbocycles. The molecule has 1 amide bonds. The first-order valence-corrected chi connectivity index (χ1v) is 12.3. The van der Waals surface area contributed by atoms with Crippen LogP contribution >= 0.6 is 0 Å². The Kier molecular flexibility index (Phi) is 7.26. The van der Waals surface area contributed by atoms with Crippen molar-refractivity contribution in [3.05, 3.63) is 70.3 Å². The van der Waals surface area contributed by atoms with Crippen LogP contribution in [0.1, 0.15) is 42.3 Å². The standard InChI is InChI=1S/C28H34N6O2/c1-5-33-11-13-34(14-12-33)28(36)21-10-9-19(15-24(21)30)31-27-26(35)22(17(2)3)16-25(32-27)20-7-6-8-23(29)18(20)4/h6-10,15-16H,5,11-14,29-30H2,1-4H3,(H,31,32). The second-order valence-electron chi connectivity index (χ2n) is 9.41. The SMILES string of the molecule is CCN1CCN(C(=O)c2ccc(NC3=NC(c4cccc(N)c4C)=CC(=C(C)C)C3=O)cc2N)CC1. The van der Waals surface area contributed by atoms with Gasteiger partial charge in [-0.05, 0) is 63.2 Å².